The maximum atomic E-state index is 9.71. The van der Waals surface area contributed by atoms with Crippen LogP contribution in [-0.4, -0.2) is 19.1 Å². The van der Waals surface area contributed by atoms with E-state index in [1.807, 2.05) is 24.3 Å². The summed E-state index contributed by atoms with van der Waals surface area (Å²) in [4.78, 5) is 0. The van der Waals surface area contributed by atoms with Crippen molar-refractivity contribution in [2.45, 2.75) is 18.9 Å². The van der Waals surface area contributed by atoms with Gasteiger partial charge in [0.25, 0.3) is 0 Å². The number of hydrogen-bond acceptors (Lipinski definition) is 3. The molecule has 0 aromatic heterocycles. The smallest absolute Gasteiger partial charge is 0.412 e. The van der Waals surface area contributed by atoms with E-state index < -0.39 is 7.05 Å². The van der Waals surface area contributed by atoms with E-state index in [9.17, 15) is 5.02 Å². The van der Waals surface area contributed by atoms with Crippen molar-refractivity contribution in [3.05, 3.63) is 58.1 Å². The zero-order valence-electron chi connectivity index (χ0n) is 11.8. The topological polar surface area (TPSA) is 41.5 Å². The minimum Gasteiger partial charge on any atom is -0.486 e. The van der Waals surface area contributed by atoms with Crippen LogP contribution in [0.15, 0.2) is 46.9 Å². The summed E-state index contributed by atoms with van der Waals surface area (Å²) >= 11 is 3.60. The van der Waals surface area contributed by atoms with Gasteiger partial charge in [0.2, 0.25) is 0 Å². The molecule has 21 heavy (non-hydrogen) atoms. The Morgan fingerprint density at radius 3 is 2.71 bits per heavy atom. The van der Waals surface area contributed by atoms with Crippen LogP contribution >= 0.6 is 15.9 Å². The Bertz CT molecular complexity index is 633. The van der Waals surface area contributed by atoms with E-state index in [4.69, 9.17) is 4.74 Å². The maximum Gasteiger partial charge on any atom is 0.412 e. The van der Waals surface area contributed by atoms with Crippen molar-refractivity contribution in [2.24, 2.45) is 0 Å². The van der Waals surface area contributed by atoms with Crippen LogP contribution in [-0.2, 0) is 6.42 Å². The Morgan fingerprint density at radius 2 is 2.00 bits per heavy atom. The van der Waals surface area contributed by atoms with E-state index in [0.29, 0.717) is 0 Å². The minimum atomic E-state index is -0.637. The molecular weight excluding hydrogens is 329 g/mol. The fraction of sp³-hybridized carbons (Fsp3) is 0.250. The Hall–Kier alpha value is -1.30. The molecule has 3 rings (SSSR count). The highest BCUT2D eigenvalue weighted by atomic mass is 79.9. The number of rotatable bonds is 4. The van der Waals surface area contributed by atoms with Crippen LogP contribution in [0.2, 0.25) is 0 Å². The summed E-state index contributed by atoms with van der Waals surface area (Å²) < 4.78 is 7.27. The Morgan fingerprint density at radius 1 is 1.24 bits per heavy atom. The quantitative estimate of drug-likeness (QED) is 0.836. The van der Waals surface area contributed by atoms with Gasteiger partial charge in [0.15, 0.2) is 0 Å². The lowest BCUT2D eigenvalue weighted by molar-refractivity contribution is 0.207. The zero-order chi connectivity index (χ0) is 14.8. The number of fused-ring (bicyclic) bond motifs is 1. The first-order valence-corrected chi connectivity index (χ1v) is 7.87. The highest BCUT2D eigenvalue weighted by Crippen LogP contribution is 2.38. The molecule has 0 aliphatic heterocycles. The summed E-state index contributed by atoms with van der Waals surface area (Å²) in [6.45, 7) is 0. The third kappa shape index (κ3) is 3.00. The van der Waals surface area contributed by atoms with Gasteiger partial charge in [-0.3, -0.25) is 0 Å². The molecule has 1 aliphatic carbocycles. The lowest BCUT2D eigenvalue weighted by Crippen LogP contribution is -2.42. The second kappa shape index (κ2) is 6.22. The predicted octanol–water partition coefficient (Wildman–Crippen LogP) is 2.42. The number of nitrogens with one attached hydrogen (secondary N) is 1. The van der Waals surface area contributed by atoms with Gasteiger partial charge in [0, 0.05) is 4.47 Å². The van der Waals surface area contributed by atoms with Gasteiger partial charge in [-0.25, -0.2) is 0 Å². The first-order chi connectivity index (χ1) is 10.2. The predicted molar refractivity (Wildman–Crippen MR) is 88.9 cm³/mol. The van der Waals surface area contributed by atoms with Gasteiger partial charge in [0.1, 0.15) is 11.9 Å². The summed E-state index contributed by atoms with van der Waals surface area (Å²) in [7, 11) is 1.09. The molecule has 0 heterocycles. The van der Waals surface area contributed by atoms with Gasteiger partial charge in [-0.1, -0.05) is 40.2 Å². The summed E-state index contributed by atoms with van der Waals surface area (Å²) in [5.41, 5.74) is 3.45. The van der Waals surface area contributed by atoms with Crippen LogP contribution in [0, 0.1) is 0 Å². The van der Waals surface area contributed by atoms with E-state index in [2.05, 4.69) is 39.4 Å². The molecule has 0 fully saturated rings. The molecule has 0 saturated heterocycles. The van der Waals surface area contributed by atoms with Crippen LogP contribution in [0.5, 0.6) is 5.75 Å². The maximum absolute atomic E-state index is 9.71. The Kier molecular flexibility index (Phi) is 4.33. The van der Waals surface area contributed by atoms with Crippen LogP contribution in [0.25, 0.3) is 0 Å². The lowest BCUT2D eigenvalue weighted by atomic mass is 9.75. The molecule has 0 spiro atoms. The van der Waals surface area contributed by atoms with Gasteiger partial charge in [-0.2, -0.15) is 0 Å². The van der Waals surface area contributed by atoms with E-state index in [1.165, 1.54) is 15.6 Å². The molecule has 0 amide bonds. The molecule has 0 unspecified atom stereocenters. The highest BCUT2D eigenvalue weighted by Gasteiger charge is 2.25. The zero-order valence-corrected chi connectivity index (χ0v) is 13.4. The van der Waals surface area contributed by atoms with Crippen LogP contribution in [0.4, 0.5) is 0 Å². The van der Waals surface area contributed by atoms with Crippen LogP contribution in [0.3, 0.4) is 0 Å². The molecule has 0 bridgehead atoms. The first-order valence-electron chi connectivity index (χ1n) is 7.08. The van der Waals surface area contributed by atoms with Crippen molar-refractivity contribution in [2.75, 3.05) is 7.05 Å². The van der Waals surface area contributed by atoms with E-state index in [-0.39, 0.29) is 6.10 Å². The van der Waals surface area contributed by atoms with Gasteiger partial charge >= 0.3 is 7.05 Å². The molecule has 0 radical (unpaired) electrons. The second-order valence-corrected chi connectivity index (χ2v) is 6.07. The van der Waals surface area contributed by atoms with Crippen molar-refractivity contribution in [3.8, 4) is 5.75 Å². The van der Waals surface area contributed by atoms with Crippen molar-refractivity contribution in [1.82, 2.24) is 5.23 Å². The number of hydrogen-bond donors (Lipinski definition) is 2. The largest absolute Gasteiger partial charge is 0.486 e. The second-order valence-electron chi connectivity index (χ2n) is 5.21. The molecular formula is C16H17BBrNO2. The molecule has 3 nitrogen and oxygen atoms in total. The summed E-state index contributed by atoms with van der Waals surface area (Å²) in [5.74, 6) is 0.833. The average molecular weight is 346 g/mol. The molecule has 2 aromatic rings. The number of halogens is 1. The monoisotopic (exact) mass is 345 g/mol. The Labute approximate surface area is 133 Å². The van der Waals surface area contributed by atoms with Crippen LogP contribution < -0.4 is 15.4 Å². The average Bonchev–Trinajstić information content (AvgIpc) is 2.92. The molecule has 1 aliphatic rings. The van der Waals surface area contributed by atoms with Crippen molar-refractivity contribution >= 4 is 28.4 Å². The summed E-state index contributed by atoms with van der Waals surface area (Å²) in [5, 5.41) is 12.5. The fourth-order valence-corrected chi connectivity index (χ4v) is 3.33. The van der Waals surface area contributed by atoms with E-state index >= 15 is 0 Å². The lowest BCUT2D eigenvalue weighted by Gasteiger charge is -2.15. The molecule has 2 N–H and O–H groups in total. The van der Waals surface area contributed by atoms with Crippen LogP contribution in [0.1, 0.15) is 23.7 Å². The standard InChI is InChI=1S/C16H17BBrNO2/c1-19-17(20)11-5-7-12(8-6-11)21-16-10-9-13-14(16)3-2-4-15(13)18/h2-8,16,19-20H,9-10H2,1H3/t16-/m1/s1. The van der Waals surface area contributed by atoms with Crippen molar-refractivity contribution in [3.63, 3.8) is 0 Å². The fourth-order valence-electron chi connectivity index (χ4n) is 2.75. The van der Waals surface area contributed by atoms with Gasteiger partial charge in [-0.05, 0) is 54.7 Å². The SMILES string of the molecule is CNB(O)c1ccc(O[C@@H]2CCc3c(Br)cccc32)cc1. The molecule has 2 aromatic carbocycles. The molecule has 0 saturated carbocycles. The van der Waals surface area contributed by atoms with E-state index in [1.54, 1.807) is 7.05 Å². The minimum absolute atomic E-state index is 0.109. The van der Waals surface area contributed by atoms with Gasteiger partial charge < -0.3 is 15.0 Å². The number of benzene rings is 2. The first kappa shape index (κ1) is 14.6. The third-order valence-corrected chi connectivity index (χ3v) is 4.65. The van der Waals surface area contributed by atoms with Gasteiger partial charge in [0.05, 0.1) is 0 Å². The normalized spacial score (nSPS) is 16.6. The van der Waals surface area contributed by atoms with Crippen molar-refractivity contribution < 1.29 is 9.76 Å². The molecule has 1 atom stereocenters. The summed E-state index contributed by atoms with van der Waals surface area (Å²) in [6.07, 6.45) is 2.15. The molecule has 108 valence electrons. The van der Waals surface area contributed by atoms with Crippen molar-refractivity contribution in [1.29, 1.82) is 0 Å². The third-order valence-electron chi connectivity index (χ3n) is 3.91. The van der Waals surface area contributed by atoms with Gasteiger partial charge in [-0.15, -0.1) is 0 Å². The number of ether oxygens (including phenoxy) is 1. The highest BCUT2D eigenvalue weighted by molar-refractivity contribution is 9.10. The molecule has 5 heteroatoms. The van der Waals surface area contributed by atoms with E-state index in [0.717, 1.165) is 24.1 Å². The Balaban J connectivity index is 1.76. The summed E-state index contributed by atoms with van der Waals surface area (Å²) in [6, 6.07) is 13.8.